The van der Waals surface area contributed by atoms with E-state index in [1.807, 2.05) is 30.0 Å². The minimum absolute atomic E-state index is 0.179. The highest BCUT2D eigenvalue weighted by atomic mass is 32.2. The summed E-state index contributed by atoms with van der Waals surface area (Å²) in [6.07, 6.45) is 4.58. The summed E-state index contributed by atoms with van der Waals surface area (Å²) in [6.45, 7) is 0.538. The van der Waals surface area contributed by atoms with E-state index in [0.717, 1.165) is 24.3 Å². The van der Waals surface area contributed by atoms with Gasteiger partial charge in [-0.2, -0.15) is 11.8 Å². The van der Waals surface area contributed by atoms with Gasteiger partial charge in [-0.25, -0.2) is 0 Å². The second-order valence-electron chi connectivity index (χ2n) is 4.41. The van der Waals surface area contributed by atoms with Crippen molar-refractivity contribution in [2.45, 2.75) is 18.6 Å². The number of hydrogen-bond acceptors (Lipinski definition) is 3. The Morgan fingerprint density at radius 1 is 0.947 bits per heavy atom. The van der Waals surface area contributed by atoms with E-state index in [1.54, 1.807) is 0 Å². The van der Waals surface area contributed by atoms with Crippen molar-refractivity contribution in [1.29, 1.82) is 0 Å². The molecule has 100 valence electrons. The smallest absolute Gasteiger partial charge is 0.253 e. The molecule has 1 aromatic carbocycles. The lowest BCUT2D eigenvalue weighted by molar-refractivity contribution is -0.136. The Labute approximate surface area is 117 Å². The van der Waals surface area contributed by atoms with Crippen molar-refractivity contribution in [2.75, 3.05) is 12.3 Å². The summed E-state index contributed by atoms with van der Waals surface area (Å²) in [6, 6.07) is 10.4. The Balaban J connectivity index is 1.56. The average molecular weight is 275 g/mol. The van der Waals surface area contributed by atoms with Gasteiger partial charge >= 0.3 is 0 Å². The topological polar surface area (TPSA) is 37.4 Å². The quantitative estimate of drug-likeness (QED) is 0.567. The Morgan fingerprint density at radius 3 is 2.32 bits per heavy atom. The molecule has 2 rings (SSSR count). The van der Waals surface area contributed by atoms with Gasteiger partial charge in [-0.15, -0.1) is 0 Å². The van der Waals surface area contributed by atoms with E-state index in [-0.39, 0.29) is 11.8 Å². The van der Waals surface area contributed by atoms with Gasteiger partial charge in [-0.3, -0.25) is 14.5 Å². The van der Waals surface area contributed by atoms with Gasteiger partial charge in [0.1, 0.15) is 0 Å². The van der Waals surface area contributed by atoms with Gasteiger partial charge in [0.05, 0.1) is 0 Å². The first-order chi connectivity index (χ1) is 9.27. The van der Waals surface area contributed by atoms with E-state index in [1.165, 1.54) is 22.6 Å². The lowest BCUT2D eigenvalue weighted by Crippen LogP contribution is -2.30. The number of nitrogens with zero attached hydrogens (tertiary/aromatic N) is 1. The van der Waals surface area contributed by atoms with Crippen LogP contribution in [0.2, 0.25) is 0 Å². The molecule has 0 saturated carbocycles. The van der Waals surface area contributed by atoms with Gasteiger partial charge in [-0.1, -0.05) is 30.3 Å². The van der Waals surface area contributed by atoms with Crippen LogP contribution in [0, 0.1) is 0 Å². The molecule has 19 heavy (non-hydrogen) atoms. The first-order valence-corrected chi connectivity index (χ1v) is 7.58. The number of hydrogen-bond donors (Lipinski definition) is 0. The number of carbonyl (C=O) groups excluding carboxylic acids is 2. The van der Waals surface area contributed by atoms with E-state index in [4.69, 9.17) is 0 Å². The monoisotopic (exact) mass is 275 g/mol. The van der Waals surface area contributed by atoms with Crippen molar-refractivity contribution in [1.82, 2.24) is 4.90 Å². The molecule has 3 nitrogen and oxygen atoms in total. The molecule has 1 aromatic rings. The van der Waals surface area contributed by atoms with Crippen molar-refractivity contribution < 1.29 is 9.59 Å². The maximum Gasteiger partial charge on any atom is 0.253 e. The van der Waals surface area contributed by atoms with Crippen LogP contribution >= 0.6 is 11.8 Å². The molecule has 0 radical (unpaired) electrons. The van der Waals surface area contributed by atoms with Crippen molar-refractivity contribution >= 4 is 23.6 Å². The zero-order valence-electron chi connectivity index (χ0n) is 10.7. The van der Waals surface area contributed by atoms with Crippen LogP contribution in [0.15, 0.2) is 42.5 Å². The molecule has 0 spiro atoms. The minimum Gasteiger partial charge on any atom is -0.275 e. The molecule has 1 aliphatic rings. The highest BCUT2D eigenvalue weighted by molar-refractivity contribution is 7.98. The highest BCUT2D eigenvalue weighted by Gasteiger charge is 2.21. The fourth-order valence-electron chi connectivity index (χ4n) is 1.89. The maximum atomic E-state index is 11.3. The molecule has 0 N–H and O–H groups in total. The molecule has 0 aromatic heterocycles. The second-order valence-corrected chi connectivity index (χ2v) is 5.51. The van der Waals surface area contributed by atoms with Crippen LogP contribution < -0.4 is 0 Å². The number of benzene rings is 1. The summed E-state index contributed by atoms with van der Waals surface area (Å²) in [4.78, 5) is 23.9. The maximum absolute atomic E-state index is 11.3. The number of amides is 2. The van der Waals surface area contributed by atoms with Gasteiger partial charge in [0.2, 0.25) is 0 Å². The largest absolute Gasteiger partial charge is 0.275 e. The van der Waals surface area contributed by atoms with Gasteiger partial charge in [0, 0.05) is 24.4 Å². The lowest BCUT2D eigenvalue weighted by atomic mass is 10.2. The number of rotatable bonds is 7. The van der Waals surface area contributed by atoms with Gasteiger partial charge < -0.3 is 0 Å². The third-order valence-electron chi connectivity index (χ3n) is 2.93. The van der Waals surface area contributed by atoms with Crippen LogP contribution in [-0.4, -0.2) is 29.0 Å². The van der Waals surface area contributed by atoms with E-state index in [0.29, 0.717) is 6.54 Å². The zero-order valence-corrected chi connectivity index (χ0v) is 11.6. The van der Waals surface area contributed by atoms with Crippen molar-refractivity contribution in [3.05, 3.63) is 48.0 Å². The van der Waals surface area contributed by atoms with Crippen LogP contribution in [0.5, 0.6) is 0 Å². The fraction of sp³-hybridized carbons (Fsp3) is 0.333. The molecule has 4 heteroatoms. The first-order valence-electron chi connectivity index (χ1n) is 6.42. The molecule has 2 amide bonds. The lowest BCUT2D eigenvalue weighted by Gasteiger charge is -2.12. The summed E-state index contributed by atoms with van der Waals surface area (Å²) in [7, 11) is 0. The number of carbonyl (C=O) groups is 2. The molecule has 0 unspecified atom stereocenters. The minimum atomic E-state index is -0.179. The molecular weight excluding hydrogens is 258 g/mol. The van der Waals surface area contributed by atoms with E-state index in [2.05, 4.69) is 12.1 Å². The Kier molecular flexibility index (Phi) is 5.21. The first kappa shape index (κ1) is 13.9. The van der Waals surface area contributed by atoms with Gasteiger partial charge in [-0.05, 0) is 24.2 Å². The summed E-state index contributed by atoms with van der Waals surface area (Å²) in [5.74, 6) is 1.71. The molecule has 0 aliphatic carbocycles. The number of thioether (sulfide) groups is 1. The van der Waals surface area contributed by atoms with Gasteiger partial charge in [0.25, 0.3) is 11.8 Å². The predicted molar refractivity (Wildman–Crippen MR) is 77.7 cm³/mol. The van der Waals surface area contributed by atoms with Crippen LogP contribution in [0.1, 0.15) is 18.4 Å². The number of unbranched alkanes of at least 4 members (excludes halogenated alkanes) is 1. The van der Waals surface area contributed by atoms with Crippen molar-refractivity contribution in [3.8, 4) is 0 Å². The SMILES string of the molecule is O=C1C=CC(=O)N1CCCCSCc1ccccc1. The van der Waals surface area contributed by atoms with E-state index in [9.17, 15) is 9.59 Å². The molecule has 1 aliphatic heterocycles. The van der Waals surface area contributed by atoms with Crippen LogP contribution in [0.4, 0.5) is 0 Å². The molecule has 0 bridgehead atoms. The highest BCUT2D eigenvalue weighted by Crippen LogP contribution is 2.14. The summed E-state index contributed by atoms with van der Waals surface area (Å²) < 4.78 is 0. The van der Waals surface area contributed by atoms with Crippen LogP contribution in [-0.2, 0) is 15.3 Å². The normalized spacial score (nSPS) is 14.4. The molecular formula is C15H17NO2S. The van der Waals surface area contributed by atoms with Crippen molar-refractivity contribution in [2.24, 2.45) is 0 Å². The number of imide groups is 1. The molecule has 0 fully saturated rings. The summed E-state index contributed by atoms with van der Waals surface area (Å²) in [5.41, 5.74) is 1.33. The zero-order chi connectivity index (χ0) is 13.5. The fourth-order valence-corrected chi connectivity index (χ4v) is 2.87. The Bertz CT molecular complexity index is 452. The van der Waals surface area contributed by atoms with E-state index >= 15 is 0 Å². The van der Waals surface area contributed by atoms with E-state index < -0.39 is 0 Å². The molecule has 1 heterocycles. The van der Waals surface area contributed by atoms with Gasteiger partial charge in [0.15, 0.2) is 0 Å². The predicted octanol–water partition coefficient (Wildman–Crippen LogP) is 2.63. The third-order valence-corrected chi connectivity index (χ3v) is 4.05. The van der Waals surface area contributed by atoms with Crippen molar-refractivity contribution in [3.63, 3.8) is 0 Å². The van der Waals surface area contributed by atoms with Crippen LogP contribution in [0.3, 0.4) is 0 Å². The van der Waals surface area contributed by atoms with Crippen LogP contribution in [0.25, 0.3) is 0 Å². The third kappa shape index (κ3) is 4.24. The average Bonchev–Trinajstić information content (AvgIpc) is 2.75. The Morgan fingerprint density at radius 2 is 1.63 bits per heavy atom. The molecule has 0 saturated heterocycles. The summed E-state index contributed by atoms with van der Waals surface area (Å²) in [5, 5.41) is 0. The Hall–Kier alpha value is -1.55. The second kappa shape index (κ2) is 7.14. The molecule has 0 atom stereocenters. The summed E-state index contributed by atoms with van der Waals surface area (Å²) >= 11 is 1.89. The standard InChI is InChI=1S/C15H17NO2S/c17-14-8-9-15(18)16(14)10-4-5-11-19-12-13-6-2-1-3-7-13/h1-3,6-9H,4-5,10-12H2.